The molecule has 108 valence electrons. The van der Waals surface area contributed by atoms with Gasteiger partial charge in [-0.15, -0.1) is 0 Å². The lowest BCUT2D eigenvalue weighted by Gasteiger charge is -2.07. The number of nitrogens with one attached hydrogen (secondary N) is 1. The molecule has 0 radical (unpaired) electrons. The van der Waals surface area contributed by atoms with Crippen LogP contribution >= 0.6 is 0 Å². The minimum atomic E-state index is -0.174. The number of hydrogen-bond donors (Lipinski definition) is 2. The Morgan fingerprint density at radius 2 is 2.24 bits per heavy atom. The van der Waals surface area contributed by atoms with Crippen LogP contribution in [0.3, 0.4) is 0 Å². The van der Waals surface area contributed by atoms with E-state index in [1.54, 1.807) is 29.1 Å². The first-order chi connectivity index (χ1) is 10.1. The number of amides is 1. The summed E-state index contributed by atoms with van der Waals surface area (Å²) in [4.78, 5) is 12.1. The van der Waals surface area contributed by atoms with E-state index in [4.69, 9.17) is 5.11 Å². The van der Waals surface area contributed by atoms with Gasteiger partial charge in [0.15, 0.2) is 0 Å². The third-order valence-corrected chi connectivity index (χ3v) is 3.14. The topological polar surface area (TPSA) is 67.2 Å². The van der Waals surface area contributed by atoms with Gasteiger partial charge in [-0.05, 0) is 36.8 Å². The number of rotatable bonds is 3. The second-order valence-corrected chi connectivity index (χ2v) is 4.62. The summed E-state index contributed by atoms with van der Waals surface area (Å²) in [6.45, 7) is 2.14. The van der Waals surface area contributed by atoms with Gasteiger partial charge >= 0.3 is 0 Å². The number of aliphatic hydroxyl groups excluding tert-OH is 1. The zero-order chi connectivity index (χ0) is 15.2. The van der Waals surface area contributed by atoms with Gasteiger partial charge in [-0.25, -0.2) is 0 Å². The first-order valence-electron chi connectivity index (χ1n) is 6.57. The fourth-order valence-corrected chi connectivity index (χ4v) is 1.93. The SMILES string of the molecule is Cc1cc(C(=O)NCc2ccnn2C)ccc1C#CCO. The van der Waals surface area contributed by atoms with Gasteiger partial charge in [0.25, 0.3) is 5.91 Å². The number of aromatic nitrogens is 2. The lowest BCUT2D eigenvalue weighted by atomic mass is 10.0. The first-order valence-corrected chi connectivity index (χ1v) is 6.57. The molecule has 5 nitrogen and oxygen atoms in total. The van der Waals surface area contributed by atoms with Crippen LogP contribution in [0.1, 0.15) is 27.2 Å². The second kappa shape index (κ2) is 6.73. The molecule has 0 spiro atoms. The average Bonchev–Trinajstić information content (AvgIpc) is 2.88. The molecular weight excluding hydrogens is 266 g/mol. The molecule has 0 aliphatic heterocycles. The Bertz CT molecular complexity index is 708. The summed E-state index contributed by atoms with van der Waals surface area (Å²) in [5, 5.41) is 15.6. The van der Waals surface area contributed by atoms with Crippen molar-refractivity contribution in [3.8, 4) is 11.8 Å². The van der Waals surface area contributed by atoms with E-state index in [0.717, 1.165) is 16.8 Å². The Labute approximate surface area is 123 Å². The summed E-state index contributed by atoms with van der Waals surface area (Å²) in [6, 6.07) is 7.17. The number of nitrogens with zero attached hydrogens (tertiary/aromatic N) is 2. The second-order valence-electron chi connectivity index (χ2n) is 4.62. The Balaban J connectivity index is 2.06. The van der Waals surface area contributed by atoms with E-state index in [-0.39, 0.29) is 12.5 Å². The maximum absolute atomic E-state index is 12.1. The van der Waals surface area contributed by atoms with E-state index in [1.165, 1.54) is 0 Å². The van der Waals surface area contributed by atoms with Crippen molar-refractivity contribution in [1.29, 1.82) is 0 Å². The quantitative estimate of drug-likeness (QED) is 0.826. The molecule has 0 saturated carbocycles. The van der Waals surface area contributed by atoms with Gasteiger partial charge in [0.1, 0.15) is 6.61 Å². The van der Waals surface area contributed by atoms with Crippen LogP contribution in [-0.2, 0) is 13.6 Å². The molecule has 1 heterocycles. The number of carbonyl (C=O) groups excluding carboxylic acids is 1. The Hall–Kier alpha value is -2.58. The Kier molecular flexibility index (Phi) is 4.75. The molecule has 1 aromatic carbocycles. The normalized spacial score (nSPS) is 9.86. The Morgan fingerprint density at radius 1 is 1.43 bits per heavy atom. The maximum Gasteiger partial charge on any atom is 0.251 e. The largest absolute Gasteiger partial charge is 0.384 e. The molecule has 2 rings (SSSR count). The first kappa shape index (κ1) is 14.8. The maximum atomic E-state index is 12.1. The Morgan fingerprint density at radius 3 is 2.86 bits per heavy atom. The third-order valence-electron chi connectivity index (χ3n) is 3.14. The number of hydrogen-bond acceptors (Lipinski definition) is 3. The van der Waals surface area contributed by atoms with Crippen LogP contribution in [0, 0.1) is 18.8 Å². The minimum Gasteiger partial charge on any atom is -0.384 e. The van der Waals surface area contributed by atoms with E-state index >= 15 is 0 Å². The predicted molar refractivity (Wildman–Crippen MR) is 79.5 cm³/mol. The lowest BCUT2D eigenvalue weighted by Crippen LogP contribution is -2.24. The standard InChI is InChI=1S/C16H17N3O2/c1-12-10-14(6-5-13(12)4-3-9-20)16(21)17-11-15-7-8-18-19(15)2/h5-8,10,20H,9,11H2,1-2H3,(H,17,21). The summed E-state index contributed by atoms with van der Waals surface area (Å²) in [6.07, 6.45) is 1.69. The molecule has 0 unspecified atom stereocenters. The lowest BCUT2D eigenvalue weighted by molar-refractivity contribution is 0.0950. The molecule has 0 aliphatic rings. The molecule has 1 aromatic heterocycles. The van der Waals surface area contributed by atoms with Crippen molar-refractivity contribution in [2.75, 3.05) is 6.61 Å². The number of benzene rings is 1. The summed E-state index contributed by atoms with van der Waals surface area (Å²) < 4.78 is 1.72. The van der Waals surface area contributed by atoms with Crippen LogP contribution in [0.4, 0.5) is 0 Å². The molecule has 0 aliphatic carbocycles. The van der Waals surface area contributed by atoms with Crippen molar-refractivity contribution < 1.29 is 9.90 Å². The van der Waals surface area contributed by atoms with Crippen molar-refractivity contribution in [3.05, 3.63) is 52.8 Å². The van der Waals surface area contributed by atoms with E-state index in [2.05, 4.69) is 22.3 Å². The van der Waals surface area contributed by atoms with E-state index in [9.17, 15) is 4.79 Å². The van der Waals surface area contributed by atoms with Crippen molar-refractivity contribution in [1.82, 2.24) is 15.1 Å². The van der Waals surface area contributed by atoms with Gasteiger partial charge in [0, 0.05) is 24.4 Å². The zero-order valence-corrected chi connectivity index (χ0v) is 12.1. The third kappa shape index (κ3) is 3.71. The van der Waals surface area contributed by atoms with Crippen LogP contribution in [-0.4, -0.2) is 27.4 Å². The molecule has 5 heteroatoms. The average molecular weight is 283 g/mol. The van der Waals surface area contributed by atoms with E-state index in [1.807, 2.05) is 20.0 Å². The van der Waals surface area contributed by atoms with Crippen molar-refractivity contribution in [3.63, 3.8) is 0 Å². The van der Waals surface area contributed by atoms with Gasteiger partial charge < -0.3 is 10.4 Å². The van der Waals surface area contributed by atoms with Crippen LogP contribution in [0.2, 0.25) is 0 Å². The minimum absolute atomic E-state index is 0.138. The van der Waals surface area contributed by atoms with Crippen LogP contribution in [0.5, 0.6) is 0 Å². The van der Waals surface area contributed by atoms with Crippen molar-refractivity contribution >= 4 is 5.91 Å². The fourth-order valence-electron chi connectivity index (χ4n) is 1.93. The predicted octanol–water partition coefficient (Wildman–Crippen LogP) is 1.00. The highest BCUT2D eigenvalue weighted by molar-refractivity contribution is 5.94. The van der Waals surface area contributed by atoms with Gasteiger partial charge in [-0.2, -0.15) is 5.10 Å². The monoisotopic (exact) mass is 283 g/mol. The van der Waals surface area contributed by atoms with Crippen LogP contribution < -0.4 is 5.32 Å². The summed E-state index contributed by atoms with van der Waals surface area (Å²) in [7, 11) is 1.83. The molecule has 2 aromatic rings. The van der Waals surface area contributed by atoms with Gasteiger partial charge in [0.05, 0.1) is 12.2 Å². The van der Waals surface area contributed by atoms with Crippen molar-refractivity contribution in [2.45, 2.75) is 13.5 Å². The van der Waals surface area contributed by atoms with Crippen LogP contribution in [0.15, 0.2) is 30.5 Å². The van der Waals surface area contributed by atoms with Gasteiger partial charge in [0.2, 0.25) is 0 Å². The van der Waals surface area contributed by atoms with E-state index in [0.29, 0.717) is 12.1 Å². The molecule has 0 saturated heterocycles. The molecule has 0 bridgehead atoms. The van der Waals surface area contributed by atoms with Crippen LogP contribution in [0.25, 0.3) is 0 Å². The molecular formula is C16H17N3O2. The highest BCUT2D eigenvalue weighted by Crippen LogP contribution is 2.10. The fraction of sp³-hybridized carbons (Fsp3) is 0.250. The molecule has 2 N–H and O–H groups in total. The van der Waals surface area contributed by atoms with Gasteiger partial charge in [-0.3, -0.25) is 9.48 Å². The highest BCUT2D eigenvalue weighted by atomic mass is 16.2. The van der Waals surface area contributed by atoms with E-state index < -0.39 is 0 Å². The van der Waals surface area contributed by atoms with Gasteiger partial charge in [-0.1, -0.05) is 11.8 Å². The summed E-state index contributed by atoms with van der Waals surface area (Å²) >= 11 is 0. The number of aliphatic hydroxyl groups is 1. The number of aryl methyl sites for hydroxylation is 2. The molecule has 21 heavy (non-hydrogen) atoms. The summed E-state index contributed by atoms with van der Waals surface area (Å²) in [5.41, 5.74) is 3.24. The highest BCUT2D eigenvalue weighted by Gasteiger charge is 2.08. The molecule has 1 amide bonds. The molecule has 0 atom stereocenters. The smallest absolute Gasteiger partial charge is 0.251 e. The zero-order valence-electron chi connectivity index (χ0n) is 12.1. The number of carbonyl (C=O) groups is 1. The van der Waals surface area contributed by atoms with Crippen molar-refractivity contribution in [2.24, 2.45) is 7.05 Å². The summed E-state index contributed by atoms with van der Waals surface area (Å²) in [5.74, 6) is 5.31. The molecule has 0 fully saturated rings.